The van der Waals surface area contributed by atoms with Crippen LogP contribution in [0.4, 0.5) is 10.5 Å². The molecule has 2 heterocycles. The van der Waals surface area contributed by atoms with E-state index in [0.717, 1.165) is 49.8 Å². The van der Waals surface area contributed by atoms with E-state index in [1.54, 1.807) is 12.3 Å². The Morgan fingerprint density at radius 1 is 1.13 bits per heavy atom. The first-order valence-corrected chi connectivity index (χ1v) is 10.5. The predicted octanol–water partition coefficient (Wildman–Crippen LogP) is 3.10. The number of carbonyl (C=O) groups is 2. The molecule has 30 heavy (non-hydrogen) atoms. The number of hydrogen-bond donors (Lipinski definition) is 1. The molecule has 0 spiro atoms. The van der Waals surface area contributed by atoms with E-state index >= 15 is 0 Å². The summed E-state index contributed by atoms with van der Waals surface area (Å²) in [6, 6.07) is 4.13. The van der Waals surface area contributed by atoms with Crippen molar-refractivity contribution in [3.8, 4) is 0 Å². The number of aromatic nitrogens is 2. The third-order valence-corrected chi connectivity index (χ3v) is 5.66. The van der Waals surface area contributed by atoms with Gasteiger partial charge in [0, 0.05) is 42.4 Å². The summed E-state index contributed by atoms with van der Waals surface area (Å²) < 4.78 is 5.67. The number of carbonyl (C=O) groups excluding carboxylic acids is 2. The average Bonchev–Trinajstić information content (AvgIpc) is 3.51. The molecule has 0 unspecified atom stereocenters. The minimum absolute atomic E-state index is 0.177. The molecule has 8 heteroatoms. The Bertz CT molecular complexity index is 959. The van der Waals surface area contributed by atoms with Crippen LogP contribution in [0.15, 0.2) is 24.7 Å². The Morgan fingerprint density at radius 2 is 1.80 bits per heavy atom. The van der Waals surface area contributed by atoms with Crippen molar-refractivity contribution in [1.82, 2.24) is 14.9 Å². The molecule has 1 aromatic heterocycles. The van der Waals surface area contributed by atoms with Crippen LogP contribution >= 0.6 is 0 Å². The average molecular weight is 412 g/mol. The molecule has 160 valence electrons. The van der Waals surface area contributed by atoms with Gasteiger partial charge in [-0.1, -0.05) is 0 Å². The largest absolute Gasteiger partial charge is 0.444 e. The number of rotatable bonds is 4. The summed E-state index contributed by atoms with van der Waals surface area (Å²) in [7, 11) is 0. The van der Waals surface area contributed by atoms with Gasteiger partial charge in [0.2, 0.25) is 0 Å². The zero-order valence-electron chi connectivity index (χ0n) is 17.8. The Balaban J connectivity index is 1.51. The summed E-state index contributed by atoms with van der Waals surface area (Å²) in [5.74, 6) is -0.499. The standard InChI is InChI=1S/C22H29N5O3/c1-22(2,3)30-21(29)27(14-4-5-14)15-8-10-26(11-9-15)18-7-6-16(20(23)28)19-17(18)12-24-13-25-19/h6-7,12-15H,4-5,8-11H2,1-3H3,(H2,23,28). The summed E-state index contributed by atoms with van der Waals surface area (Å²) >= 11 is 0. The molecule has 2 fully saturated rings. The van der Waals surface area contributed by atoms with Gasteiger partial charge < -0.3 is 20.3 Å². The van der Waals surface area contributed by atoms with Crippen molar-refractivity contribution in [3.05, 3.63) is 30.2 Å². The van der Waals surface area contributed by atoms with Crippen molar-refractivity contribution in [3.63, 3.8) is 0 Å². The minimum atomic E-state index is -0.499. The Labute approximate surface area is 176 Å². The molecule has 0 radical (unpaired) electrons. The van der Waals surface area contributed by atoms with Gasteiger partial charge in [0.1, 0.15) is 11.9 Å². The molecular weight excluding hydrogens is 382 g/mol. The van der Waals surface area contributed by atoms with Gasteiger partial charge in [-0.25, -0.2) is 14.8 Å². The van der Waals surface area contributed by atoms with E-state index in [1.807, 2.05) is 31.7 Å². The van der Waals surface area contributed by atoms with Crippen LogP contribution in [0.1, 0.15) is 56.8 Å². The summed E-state index contributed by atoms with van der Waals surface area (Å²) in [6.45, 7) is 7.32. The lowest BCUT2D eigenvalue weighted by Crippen LogP contribution is -2.50. The van der Waals surface area contributed by atoms with E-state index < -0.39 is 11.5 Å². The van der Waals surface area contributed by atoms with Crippen molar-refractivity contribution in [2.75, 3.05) is 18.0 Å². The van der Waals surface area contributed by atoms with Gasteiger partial charge in [0.05, 0.1) is 11.1 Å². The normalized spacial score (nSPS) is 17.8. The lowest BCUT2D eigenvalue weighted by Gasteiger charge is -2.40. The van der Waals surface area contributed by atoms with Crippen molar-refractivity contribution >= 4 is 28.6 Å². The maximum absolute atomic E-state index is 12.8. The van der Waals surface area contributed by atoms with E-state index in [-0.39, 0.29) is 12.1 Å². The molecule has 1 aliphatic carbocycles. The molecular formula is C22H29N5O3. The van der Waals surface area contributed by atoms with Gasteiger partial charge >= 0.3 is 6.09 Å². The smallest absolute Gasteiger partial charge is 0.410 e. The van der Waals surface area contributed by atoms with E-state index in [2.05, 4.69) is 14.9 Å². The number of hydrogen-bond acceptors (Lipinski definition) is 6. The first-order valence-electron chi connectivity index (χ1n) is 10.5. The highest BCUT2D eigenvalue weighted by molar-refractivity contribution is 6.07. The number of benzene rings is 1. The second-order valence-electron chi connectivity index (χ2n) is 9.12. The SMILES string of the molecule is CC(C)(C)OC(=O)N(C1CC1)C1CCN(c2ccc(C(N)=O)c3ncncc23)CC1. The van der Waals surface area contributed by atoms with Crippen molar-refractivity contribution < 1.29 is 14.3 Å². The van der Waals surface area contributed by atoms with Gasteiger partial charge in [-0.2, -0.15) is 0 Å². The van der Waals surface area contributed by atoms with Crippen LogP contribution in [0.5, 0.6) is 0 Å². The number of amides is 2. The second kappa shape index (κ2) is 7.74. The van der Waals surface area contributed by atoms with Crippen LogP contribution < -0.4 is 10.6 Å². The van der Waals surface area contributed by atoms with Gasteiger partial charge in [-0.3, -0.25) is 4.79 Å². The van der Waals surface area contributed by atoms with Gasteiger partial charge in [-0.05, 0) is 58.6 Å². The summed E-state index contributed by atoms with van der Waals surface area (Å²) in [5.41, 5.74) is 6.97. The van der Waals surface area contributed by atoms with Crippen molar-refractivity contribution in [2.45, 2.75) is 64.1 Å². The number of nitrogens with zero attached hydrogens (tertiary/aromatic N) is 4. The maximum atomic E-state index is 12.8. The Kier molecular flexibility index (Phi) is 5.26. The van der Waals surface area contributed by atoms with Crippen LogP contribution in [0.2, 0.25) is 0 Å². The topological polar surface area (TPSA) is 102 Å². The third-order valence-electron chi connectivity index (χ3n) is 5.66. The fourth-order valence-corrected chi connectivity index (χ4v) is 4.19. The first-order chi connectivity index (χ1) is 14.2. The number of ether oxygens (including phenoxy) is 1. The molecule has 0 bridgehead atoms. The Morgan fingerprint density at radius 3 is 2.40 bits per heavy atom. The summed E-state index contributed by atoms with van der Waals surface area (Å²) in [4.78, 5) is 37.2. The molecule has 1 aromatic carbocycles. The lowest BCUT2D eigenvalue weighted by molar-refractivity contribution is 0.0114. The fourth-order valence-electron chi connectivity index (χ4n) is 4.19. The highest BCUT2D eigenvalue weighted by Gasteiger charge is 2.40. The van der Waals surface area contributed by atoms with E-state index in [4.69, 9.17) is 10.5 Å². The Hall–Kier alpha value is -2.90. The number of fused-ring (bicyclic) bond motifs is 1. The van der Waals surface area contributed by atoms with Gasteiger partial charge in [-0.15, -0.1) is 0 Å². The summed E-state index contributed by atoms with van der Waals surface area (Å²) in [6.07, 6.45) is 6.79. The van der Waals surface area contributed by atoms with Crippen LogP contribution in [0.25, 0.3) is 10.9 Å². The van der Waals surface area contributed by atoms with Crippen LogP contribution in [0, 0.1) is 0 Å². The number of piperidine rings is 1. The maximum Gasteiger partial charge on any atom is 0.410 e. The lowest BCUT2D eigenvalue weighted by atomic mass is 10.0. The predicted molar refractivity (Wildman–Crippen MR) is 114 cm³/mol. The monoisotopic (exact) mass is 411 g/mol. The number of primary amides is 1. The molecule has 4 rings (SSSR count). The number of anilines is 1. The van der Waals surface area contributed by atoms with Gasteiger partial charge in [0.25, 0.3) is 5.91 Å². The molecule has 2 N–H and O–H groups in total. The molecule has 2 aromatic rings. The molecule has 2 aliphatic rings. The van der Waals surface area contributed by atoms with Crippen molar-refractivity contribution in [2.24, 2.45) is 5.73 Å². The highest BCUT2D eigenvalue weighted by Crippen LogP contribution is 2.35. The first kappa shape index (κ1) is 20.4. The second-order valence-corrected chi connectivity index (χ2v) is 9.12. The molecule has 2 amide bonds. The van der Waals surface area contributed by atoms with Crippen molar-refractivity contribution in [1.29, 1.82) is 0 Å². The van der Waals surface area contributed by atoms with E-state index in [9.17, 15) is 9.59 Å². The van der Waals surface area contributed by atoms with E-state index in [0.29, 0.717) is 17.1 Å². The molecule has 0 atom stereocenters. The molecule has 1 saturated heterocycles. The summed E-state index contributed by atoms with van der Waals surface area (Å²) in [5, 5.41) is 0.818. The van der Waals surface area contributed by atoms with E-state index in [1.165, 1.54) is 6.33 Å². The fraction of sp³-hybridized carbons (Fsp3) is 0.545. The number of nitrogens with two attached hydrogens (primary N) is 1. The zero-order chi connectivity index (χ0) is 21.5. The molecule has 1 aliphatic heterocycles. The third kappa shape index (κ3) is 4.17. The van der Waals surface area contributed by atoms with Crippen LogP contribution in [-0.2, 0) is 4.74 Å². The van der Waals surface area contributed by atoms with Gasteiger partial charge in [0.15, 0.2) is 0 Å². The van der Waals surface area contributed by atoms with Crippen LogP contribution in [0.3, 0.4) is 0 Å². The zero-order valence-corrected chi connectivity index (χ0v) is 17.8. The quantitative estimate of drug-likeness (QED) is 0.829. The molecule has 8 nitrogen and oxygen atoms in total. The minimum Gasteiger partial charge on any atom is -0.444 e. The highest BCUT2D eigenvalue weighted by atomic mass is 16.6. The van der Waals surface area contributed by atoms with Crippen LogP contribution in [-0.4, -0.2) is 57.6 Å². The molecule has 1 saturated carbocycles.